The van der Waals surface area contributed by atoms with Crippen LogP contribution in [0.4, 0.5) is 18.9 Å². The van der Waals surface area contributed by atoms with E-state index in [1.54, 1.807) is 18.2 Å². The van der Waals surface area contributed by atoms with Gasteiger partial charge in [0.25, 0.3) is 5.91 Å². The number of anilines is 1. The summed E-state index contributed by atoms with van der Waals surface area (Å²) in [5, 5.41) is 0. The number of hydrazine groups is 1. The average Bonchev–Trinajstić information content (AvgIpc) is 2.45. The Balaban J connectivity index is 2.00. The van der Waals surface area contributed by atoms with Gasteiger partial charge in [0.2, 0.25) is 0 Å². The zero-order valence-corrected chi connectivity index (χ0v) is 12.7. The number of nitrogens with one attached hydrogen (secondary N) is 2. The third-order valence-corrected chi connectivity index (χ3v) is 3.59. The van der Waals surface area contributed by atoms with Gasteiger partial charge < -0.3 is 0 Å². The summed E-state index contributed by atoms with van der Waals surface area (Å²) >= 11 is 2.03. The molecule has 0 atom stereocenters. The second-order valence-electron chi connectivity index (χ2n) is 4.13. The first-order chi connectivity index (χ1) is 9.88. The third kappa shape index (κ3) is 4.10. The van der Waals surface area contributed by atoms with Crippen molar-refractivity contribution in [2.75, 3.05) is 5.43 Å². The van der Waals surface area contributed by atoms with Gasteiger partial charge in [-0.05, 0) is 59.0 Å². The number of halogens is 4. The Labute approximate surface area is 132 Å². The van der Waals surface area contributed by atoms with Gasteiger partial charge in [0, 0.05) is 3.57 Å². The van der Waals surface area contributed by atoms with E-state index in [4.69, 9.17) is 0 Å². The van der Waals surface area contributed by atoms with Crippen molar-refractivity contribution < 1.29 is 18.0 Å². The number of carbonyl (C=O) groups is 1. The van der Waals surface area contributed by atoms with Gasteiger partial charge in [0.1, 0.15) is 0 Å². The van der Waals surface area contributed by atoms with Crippen LogP contribution >= 0.6 is 22.6 Å². The van der Waals surface area contributed by atoms with Crippen LogP contribution in [0, 0.1) is 3.57 Å². The molecule has 0 aliphatic heterocycles. The van der Waals surface area contributed by atoms with Gasteiger partial charge in [-0.1, -0.05) is 12.1 Å². The van der Waals surface area contributed by atoms with E-state index in [-0.39, 0.29) is 5.91 Å². The van der Waals surface area contributed by atoms with Gasteiger partial charge in [0.15, 0.2) is 0 Å². The molecule has 0 saturated heterocycles. The van der Waals surface area contributed by atoms with Crippen LogP contribution in [0.3, 0.4) is 0 Å². The fraction of sp³-hybridized carbons (Fsp3) is 0.0714. The number of hydrogen-bond donors (Lipinski definition) is 2. The molecule has 21 heavy (non-hydrogen) atoms. The normalized spacial score (nSPS) is 11.0. The molecule has 0 saturated carbocycles. The molecular formula is C14H10F3IN2O. The quantitative estimate of drug-likeness (QED) is 0.596. The molecule has 2 N–H and O–H groups in total. The van der Waals surface area contributed by atoms with E-state index in [1.807, 2.05) is 28.7 Å². The number of amides is 1. The Morgan fingerprint density at radius 1 is 1.00 bits per heavy atom. The number of carbonyl (C=O) groups excluding carboxylic acids is 1. The van der Waals surface area contributed by atoms with E-state index in [2.05, 4.69) is 10.9 Å². The van der Waals surface area contributed by atoms with Gasteiger partial charge in [-0.15, -0.1) is 0 Å². The van der Waals surface area contributed by atoms with Crippen molar-refractivity contribution in [3.63, 3.8) is 0 Å². The van der Waals surface area contributed by atoms with Crippen molar-refractivity contribution in [2.24, 2.45) is 0 Å². The molecule has 7 heteroatoms. The zero-order chi connectivity index (χ0) is 15.5. The minimum Gasteiger partial charge on any atom is -0.298 e. The van der Waals surface area contributed by atoms with Crippen molar-refractivity contribution in [1.29, 1.82) is 0 Å². The van der Waals surface area contributed by atoms with Gasteiger partial charge in [-0.3, -0.25) is 15.6 Å². The predicted molar refractivity (Wildman–Crippen MR) is 81.7 cm³/mol. The topological polar surface area (TPSA) is 41.1 Å². The molecule has 0 spiro atoms. The molecule has 2 rings (SSSR count). The highest BCUT2D eigenvalue weighted by atomic mass is 127. The molecule has 0 aliphatic carbocycles. The second-order valence-corrected chi connectivity index (χ2v) is 5.30. The van der Waals surface area contributed by atoms with Crippen molar-refractivity contribution in [2.45, 2.75) is 6.18 Å². The van der Waals surface area contributed by atoms with E-state index in [0.29, 0.717) is 11.3 Å². The molecule has 0 radical (unpaired) electrons. The monoisotopic (exact) mass is 406 g/mol. The number of rotatable bonds is 3. The standard InChI is InChI=1S/C14H10F3IN2O/c15-14(16,17)9-5-7-10(8-6-9)19-20-13(21)11-3-1-2-4-12(11)18/h1-8,19H,(H,20,21). The summed E-state index contributed by atoms with van der Waals surface area (Å²) in [6.07, 6.45) is -4.37. The molecule has 2 aromatic carbocycles. The smallest absolute Gasteiger partial charge is 0.298 e. The zero-order valence-electron chi connectivity index (χ0n) is 10.5. The van der Waals surface area contributed by atoms with Gasteiger partial charge in [-0.25, -0.2) is 0 Å². The third-order valence-electron chi connectivity index (χ3n) is 2.65. The molecule has 110 valence electrons. The first-order valence-electron chi connectivity index (χ1n) is 5.86. The van der Waals surface area contributed by atoms with Crippen molar-refractivity contribution in [3.05, 3.63) is 63.2 Å². The van der Waals surface area contributed by atoms with Crippen LogP contribution < -0.4 is 10.9 Å². The Hall–Kier alpha value is -1.77. The molecule has 0 unspecified atom stereocenters. The lowest BCUT2D eigenvalue weighted by Gasteiger charge is -2.11. The number of alkyl halides is 3. The maximum absolute atomic E-state index is 12.4. The molecule has 0 aliphatic rings. The summed E-state index contributed by atoms with van der Waals surface area (Å²) in [5.41, 5.74) is 5.13. The van der Waals surface area contributed by atoms with Crippen LogP contribution in [0.25, 0.3) is 0 Å². The maximum atomic E-state index is 12.4. The lowest BCUT2D eigenvalue weighted by Crippen LogP contribution is -2.29. The Bertz CT molecular complexity index is 641. The average molecular weight is 406 g/mol. The molecule has 0 heterocycles. The lowest BCUT2D eigenvalue weighted by atomic mass is 10.2. The van der Waals surface area contributed by atoms with Crippen LogP contribution in [-0.2, 0) is 6.18 Å². The fourth-order valence-corrected chi connectivity index (χ4v) is 2.22. The molecule has 1 amide bonds. The van der Waals surface area contributed by atoms with E-state index >= 15 is 0 Å². The second kappa shape index (κ2) is 6.33. The van der Waals surface area contributed by atoms with E-state index in [9.17, 15) is 18.0 Å². The number of benzene rings is 2. The maximum Gasteiger partial charge on any atom is 0.416 e. The number of hydrogen-bond acceptors (Lipinski definition) is 2. The van der Waals surface area contributed by atoms with Crippen LogP contribution in [0.1, 0.15) is 15.9 Å². The molecule has 0 aromatic heterocycles. The summed E-state index contributed by atoms with van der Waals surface area (Å²) in [6, 6.07) is 11.4. The van der Waals surface area contributed by atoms with Crippen molar-refractivity contribution >= 4 is 34.2 Å². The minimum absolute atomic E-state index is 0.361. The SMILES string of the molecule is O=C(NNc1ccc(C(F)(F)F)cc1)c1ccccc1I. The Morgan fingerprint density at radius 3 is 2.19 bits per heavy atom. The Morgan fingerprint density at radius 2 is 1.62 bits per heavy atom. The van der Waals surface area contributed by atoms with E-state index in [1.165, 1.54) is 12.1 Å². The van der Waals surface area contributed by atoms with Gasteiger partial charge >= 0.3 is 6.18 Å². The molecule has 2 aromatic rings. The van der Waals surface area contributed by atoms with Gasteiger partial charge in [-0.2, -0.15) is 13.2 Å². The Kier molecular flexibility index (Phi) is 4.71. The molecule has 0 bridgehead atoms. The summed E-state index contributed by atoms with van der Waals surface area (Å²) < 4.78 is 38.0. The summed E-state index contributed by atoms with van der Waals surface area (Å²) in [7, 11) is 0. The van der Waals surface area contributed by atoms with Crippen LogP contribution in [0.5, 0.6) is 0 Å². The summed E-state index contributed by atoms with van der Waals surface area (Å²) in [5.74, 6) is -0.361. The lowest BCUT2D eigenvalue weighted by molar-refractivity contribution is -0.137. The highest BCUT2D eigenvalue weighted by Gasteiger charge is 2.29. The highest BCUT2D eigenvalue weighted by molar-refractivity contribution is 14.1. The minimum atomic E-state index is -4.37. The summed E-state index contributed by atoms with van der Waals surface area (Å²) in [4.78, 5) is 11.9. The molecule has 0 fully saturated rings. The highest BCUT2D eigenvalue weighted by Crippen LogP contribution is 2.29. The fourth-order valence-electron chi connectivity index (χ4n) is 1.58. The van der Waals surface area contributed by atoms with Crippen molar-refractivity contribution in [1.82, 2.24) is 5.43 Å². The first-order valence-corrected chi connectivity index (χ1v) is 6.94. The van der Waals surface area contributed by atoms with Crippen LogP contribution in [0.2, 0.25) is 0 Å². The first kappa shape index (κ1) is 15.6. The van der Waals surface area contributed by atoms with Crippen LogP contribution in [-0.4, -0.2) is 5.91 Å². The van der Waals surface area contributed by atoms with E-state index in [0.717, 1.165) is 15.7 Å². The largest absolute Gasteiger partial charge is 0.416 e. The van der Waals surface area contributed by atoms with Crippen LogP contribution in [0.15, 0.2) is 48.5 Å². The molecular weight excluding hydrogens is 396 g/mol. The summed E-state index contributed by atoms with van der Waals surface area (Å²) in [6.45, 7) is 0. The van der Waals surface area contributed by atoms with Crippen molar-refractivity contribution in [3.8, 4) is 0 Å². The predicted octanol–water partition coefficient (Wildman–Crippen LogP) is 4.07. The van der Waals surface area contributed by atoms with E-state index < -0.39 is 11.7 Å². The van der Waals surface area contributed by atoms with Gasteiger partial charge in [0.05, 0.1) is 16.8 Å². The molecule has 3 nitrogen and oxygen atoms in total.